The number of ether oxygens (including phenoxy) is 1. The highest BCUT2D eigenvalue weighted by Crippen LogP contribution is 2.26. The number of hydrogen-bond donors (Lipinski definition) is 0. The number of aromatic nitrogens is 2. The molecule has 96 valence electrons. The van der Waals surface area contributed by atoms with Crippen molar-refractivity contribution >= 4 is 15.9 Å². The van der Waals surface area contributed by atoms with Gasteiger partial charge in [-0.25, -0.2) is 4.39 Å². The van der Waals surface area contributed by atoms with Crippen LogP contribution in [0.25, 0.3) is 0 Å². The van der Waals surface area contributed by atoms with Crippen molar-refractivity contribution in [2.24, 2.45) is 0 Å². The second kappa shape index (κ2) is 5.52. The molecule has 0 aliphatic carbocycles. The summed E-state index contributed by atoms with van der Waals surface area (Å²) in [6.45, 7) is 5.20. The van der Waals surface area contributed by atoms with Gasteiger partial charge in [0.15, 0.2) is 0 Å². The van der Waals surface area contributed by atoms with Gasteiger partial charge in [0.2, 0.25) is 0 Å². The molecule has 0 unspecified atom stereocenters. The summed E-state index contributed by atoms with van der Waals surface area (Å²) >= 11 is 3.27. The minimum atomic E-state index is -0.288. The second-order valence-corrected chi connectivity index (χ2v) is 4.81. The van der Waals surface area contributed by atoms with E-state index in [1.807, 2.05) is 24.6 Å². The van der Waals surface area contributed by atoms with Crippen LogP contribution in [0, 0.1) is 12.7 Å². The molecule has 3 nitrogen and oxygen atoms in total. The molecule has 0 saturated carbocycles. The maximum Gasteiger partial charge on any atom is 0.134 e. The van der Waals surface area contributed by atoms with Crippen LogP contribution in [-0.2, 0) is 13.2 Å². The van der Waals surface area contributed by atoms with Crippen molar-refractivity contribution < 1.29 is 9.13 Å². The fraction of sp³-hybridized carbons (Fsp3) is 0.308. The average molecular weight is 313 g/mol. The van der Waals surface area contributed by atoms with Gasteiger partial charge < -0.3 is 4.74 Å². The van der Waals surface area contributed by atoms with E-state index in [9.17, 15) is 4.39 Å². The Labute approximate surface area is 114 Å². The quantitative estimate of drug-likeness (QED) is 0.861. The molecule has 0 saturated heterocycles. The van der Waals surface area contributed by atoms with Crippen molar-refractivity contribution in [3.05, 3.63) is 45.9 Å². The van der Waals surface area contributed by atoms with Gasteiger partial charge in [0, 0.05) is 6.54 Å². The average Bonchev–Trinajstić information content (AvgIpc) is 2.68. The van der Waals surface area contributed by atoms with Gasteiger partial charge in [-0.15, -0.1) is 0 Å². The topological polar surface area (TPSA) is 27.1 Å². The zero-order valence-corrected chi connectivity index (χ0v) is 11.9. The van der Waals surface area contributed by atoms with Crippen LogP contribution in [0.4, 0.5) is 4.39 Å². The van der Waals surface area contributed by atoms with Crippen molar-refractivity contribution in [2.45, 2.75) is 27.0 Å². The Morgan fingerprint density at radius 2 is 2.17 bits per heavy atom. The molecule has 0 amide bonds. The first-order valence-corrected chi connectivity index (χ1v) is 6.50. The lowest BCUT2D eigenvalue weighted by Crippen LogP contribution is -2.06. The summed E-state index contributed by atoms with van der Waals surface area (Å²) in [6, 6.07) is 6.36. The molecule has 0 radical (unpaired) electrons. The normalized spacial score (nSPS) is 10.7. The second-order valence-electron chi connectivity index (χ2n) is 3.96. The monoisotopic (exact) mass is 312 g/mol. The summed E-state index contributed by atoms with van der Waals surface area (Å²) in [5.41, 5.74) is 1.97. The largest absolute Gasteiger partial charge is 0.486 e. The lowest BCUT2D eigenvalue weighted by atomic mass is 10.3. The Balaban J connectivity index is 2.11. The molecular weight excluding hydrogens is 299 g/mol. The minimum absolute atomic E-state index is 0.288. The predicted octanol–water partition coefficient (Wildman–Crippen LogP) is 3.69. The van der Waals surface area contributed by atoms with E-state index in [2.05, 4.69) is 21.0 Å². The van der Waals surface area contributed by atoms with Crippen LogP contribution in [-0.4, -0.2) is 9.78 Å². The summed E-state index contributed by atoms with van der Waals surface area (Å²) in [4.78, 5) is 0. The van der Waals surface area contributed by atoms with E-state index in [1.165, 1.54) is 12.1 Å². The highest BCUT2D eigenvalue weighted by atomic mass is 79.9. The fourth-order valence-electron chi connectivity index (χ4n) is 1.73. The van der Waals surface area contributed by atoms with Gasteiger partial charge in [-0.2, -0.15) is 5.10 Å². The predicted molar refractivity (Wildman–Crippen MR) is 71.1 cm³/mol. The summed E-state index contributed by atoms with van der Waals surface area (Å²) < 4.78 is 21.1. The molecule has 0 aliphatic rings. The van der Waals surface area contributed by atoms with E-state index in [0.717, 1.165) is 17.9 Å². The number of aryl methyl sites for hydroxylation is 2. The zero-order chi connectivity index (χ0) is 13.1. The molecule has 1 aromatic carbocycles. The molecule has 2 aromatic rings. The van der Waals surface area contributed by atoms with Gasteiger partial charge in [0.25, 0.3) is 0 Å². The fourth-order valence-corrected chi connectivity index (χ4v) is 2.20. The van der Waals surface area contributed by atoms with Crippen molar-refractivity contribution in [2.75, 3.05) is 0 Å². The Hall–Kier alpha value is -1.36. The molecule has 18 heavy (non-hydrogen) atoms. The van der Waals surface area contributed by atoms with Gasteiger partial charge in [0.05, 0.1) is 15.9 Å². The molecule has 0 aliphatic heterocycles. The molecular formula is C13H14BrFN2O. The van der Waals surface area contributed by atoms with Crippen LogP contribution in [0.3, 0.4) is 0 Å². The van der Waals surface area contributed by atoms with E-state index >= 15 is 0 Å². The van der Waals surface area contributed by atoms with Crippen molar-refractivity contribution in [1.29, 1.82) is 0 Å². The Morgan fingerprint density at radius 3 is 2.83 bits per heavy atom. The molecule has 0 fully saturated rings. The molecule has 1 aromatic heterocycles. The number of hydrogen-bond acceptors (Lipinski definition) is 2. The lowest BCUT2D eigenvalue weighted by Gasteiger charge is -2.09. The van der Waals surface area contributed by atoms with Crippen molar-refractivity contribution in [1.82, 2.24) is 9.78 Å². The Bertz CT molecular complexity index is 554. The molecule has 0 spiro atoms. The third-order valence-electron chi connectivity index (χ3n) is 2.55. The number of halogens is 2. The maximum atomic E-state index is 12.9. The van der Waals surface area contributed by atoms with Gasteiger partial charge in [-0.3, -0.25) is 4.68 Å². The number of nitrogens with zero attached hydrogens (tertiary/aromatic N) is 2. The van der Waals surface area contributed by atoms with E-state index in [4.69, 9.17) is 4.74 Å². The van der Waals surface area contributed by atoms with Crippen LogP contribution in [0.15, 0.2) is 28.7 Å². The van der Waals surface area contributed by atoms with Crippen molar-refractivity contribution in [3.8, 4) is 5.75 Å². The highest BCUT2D eigenvalue weighted by molar-refractivity contribution is 9.10. The summed E-state index contributed by atoms with van der Waals surface area (Å²) in [5.74, 6) is 0.335. The summed E-state index contributed by atoms with van der Waals surface area (Å²) in [5, 5.41) is 4.34. The standard InChI is InChI=1S/C13H14BrFN2O/c1-3-17-11(6-9(2)16-17)8-18-13-5-4-10(15)7-12(13)14/h4-7H,3,8H2,1-2H3. The van der Waals surface area contributed by atoms with Gasteiger partial charge in [-0.1, -0.05) is 0 Å². The first-order chi connectivity index (χ1) is 8.60. The molecule has 5 heteroatoms. The maximum absolute atomic E-state index is 12.9. The van der Waals surface area contributed by atoms with Gasteiger partial charge in [-0.05, 0) is 54.0 Å². The van der Waals surface area contributed by atoms with Crippen LogP contribution < -0.4 is 4.74 Å². The smallest absolute Gasteiger partial charge is 0.134 e. The van der Waals surface area contributed by atoms with Crippen LogP contribution >= 0.6 is 15.9 Å². The number of rotatable bonds is 4. The minimum Gasteiger partial charge on any atom is -0.486 e. The number of benzene rings is 1. The van der Waals surface area contributed by atoms with Crippen LogP contribution in [0.1, 0.15) is 18.3 Å². The van der Waals surface area contributed by atoms with Gasteiger partial charge >= 0.3 is 0 Å². The third-order valence-corrected chi connectivity index (χ3v) is 3.17. The third kappa shape index (κ3) is 2.90. The highest BCUT2D eigenvalue weighted by Gasteiger charge is 2.07. The molecule has 0 atom stereocenters. The Kier molecular flexibility index (Phi) is 4.01. The molecule has 2 rings (SSSR count). The van der Waals surface area contributed by atoms with Crippen LogP contribution in [0.2, 0.25) is 0 Å². The first-order valence-electron chi connectivity index (χ1n) is 5.71. The van der Waals surface area contributed by atoms with Gasteiger partial charge in [0.1, 0.15) is 18.2 Å². The van der Waals surface area contributed by atoms with E-state index < -0.39 is 0 Å². The van der Waals surface area contributed by atoms with E-state index in [1.54, 1.807) is 6.07 Å². The van der Waals surface area contributed by atoms with E-state index in [-0.39, 0.29) is 5.82 Å². The summed E-state index contributed by atoms with van der Waals surface area (Å²) in [6.07, 6.45) is 0. The first kappa shape index (κ1) is 13.1. The van der Waals surface area contributed by atoms with Crippen LogP contribution in [0.5, 0.6) is 5.75 Å². The zero-order valence-electron chi connectivity index (χ0n) is 10.3. The molecule has 1 heterocycles. The molecule has 0 N–H and O–H groups in total. The Morgan fingerprint density at radius 1 is 1.39 bits per heavy atom. The SMILES string of the molecule is CCn1nc(C)cc1COc1ccc(F)cc1Br. The molecule has 0 bridgehead atoms. The van der Waals surface area contributed by atoms with E-state index in [0.29, 0.717) is 16.8 Å². The lowest BCUT2D eigenvalue weighted by molar-refractivity contribution is 0.290. The summed E-state index contributed by atoms with van der Waals surface area (Å²) in [7, 11) is 0. The van der Waals surface area contributed by atoms with Crippen molar-refractivity contribution in [3.63, 3.8) is 0 Å².